The lowest BCUT2D eigenvalue weighted by Crippen LogP contribution is -2.35. The molecule has 0 saturated heterocycles. The number of carbonyl (C=O) groups excluding carboxylic acids is 1. The second kappa shape index (κ2) is 6.62. The molecule has 0 aliphatic heterocycles. The van der Waals surface area contributed by atoms with Crippen molar-refractivity contribution in [2.75, 3.05) is 26.3 Å². The molecule has 0 atom stereocenters. The summed E-state index contributed by atoms with van der Waals surface area (Å²) in [4.78, 5) is 12.9. The van der Waals surface area contributed by atoms with Crippen molar-refractivity contribution in [2.24, 2.45) is 0 Å². The van der Waals surface area contributed by atoms with Crippen LogP contribution in [-0.4, -0.2) is 47.3 Å². The van der Waals surface area contributed by atoms with Crippen LogP contribution in [0.4, 0.5) is 0 Å². The third-order valence-electron chi connectivity index (χ3n) is 1.61. The Morgan fingerprint density at radius 2 is 1.92 bits per heavy atom. The zero-order chi connectivity index (χ0) is 10.3. The first kappa shape index (κ1) is 12.1. The SMILES string of the molecule is C=C(C)C(=O)N(CCO)CCCO. The van der Waals surface area contributed by atoms with Gasteiger partial charge in [-0.3, -0.25) is 4.79 Å². The summed E-state index contributed by atoms with van der Waals surface area (Å²) >= 11 is 0. The second-order valence-electron chi connectivity index (χ2n) is 2.87. The number of aliphatic hydroxyl groups excluding tert-OH is 2. The Hall–Kier alpha value is -0.870. The number of hydrogen-bond acceptors (Lipinski definition) is 3. The number of aliphatic hydroxyl groups is 2. The highest BCUT2D eigenvalue weighted by atomic mass is 16.3. The third kappa shape index (κ3) is 4.65. The Balaban J connectivity index is 4.06. The molecule has 4 heteroatoms. The molecule has 0 heterocycles. The molecule has 0 aromatic carbocycles. The average molecular weight is 187 g/mol. The van der Waals surface area contributed by atoms with Gasteiger partial charge in [-0.1, -0.05) is 6.58 Å². The maximum absolute atomic E-state index is 11.4. The highest BCUT2D eigenvalue weighted by Crippen LogP contribution is 1.99. The first-order valence-electron chi connectivity index (χ1n) is 4.30. The fourth-order valence-electron chi connectivity index (χ4n) is 0.967. The van der Waals surface area contributed by atoms with Crippen LogP contribution < -0.4 is 0 Å². The van der Waals surface area contributed by atoms with E-state index in [-0.39, 0.29) is 19.1 Å². The van der Waals surface area contributed by atoms with Crippen molar-refractivity contribution in [1.82, 2.24) is 4.90 Å². The summed E-state index contributed by atoms with van der Waals surface area (Å²) in [5.41, 5.74) is 0.450. The zero-order valence-electron chi connectivity index (χ0n) is 7.99. The van der Waals surface area contributed by atoms with Crippen molar-refractivity contribution in [2.45, 2.75) is 13.3 Å². The number of nitrogens with zero attached hydrogens (tertiary/aromatic N) is 1. The summed E-state index contributed by atoms with van der Waals surface area (Å²) in [6.45, 7) is 5.90. The lowest BCUT2D eigenvalue weighted by atomic mass is 10.3. The Bertz CT molecular complexity index is 180. The number of amides is 1. The molecule has 0 rings (SSSR count). The third-order valence-corrected chi connectivity index (χ3v) is 1.61. The van der Waals surface area contributed by atoms with E-state index in [1.165, 1.54) is 4.90 Å². The van der Waals surface area contributed by atoms with Gasteiger partial charge in [-0.2, -0.15) is 0 Å². The lowest BCUT2D eigenvalue weighted by molar-refractivity contribution is -0.127. The quantitative estimate of drug-likeness (QED) is 0.564. The molecule has 0 radical (unpaired) electrons. The van der Waals surface area contributed by atoms with Gasteiger partial charge in [0.05, 0.1) is 6.61 Å². The predicted octanol–water partition coefficient (Wildman–Crippen LogP) is -0.234. The molecule has 0 fully saturated rings. The van der Waals surface area contributed by atoms with Crippen LogP contribution in [0.3, 0.4) is 0 Å². The second-order valence-corrected chi connectivity index (χ2v) is 2.87. The average Bonchev–Trinajstić information content (AvgIpc) is 2.11. The van der Waals surface area contributed by atoms with Crippen molar-refractivity contribution in [3.8, 4) is 0 Å². The van der Waals surface area contributed by atoms with Crippen molar-refractivity contribution < 1.29 is 15.0 Å². The molecule has 0 spiro atoms. The molecule has 76 valence electrons. The molecule has 0 aliphatic rings. The minimum atomic E-state index is -0.164. The predicted molar refractivity (Wildman–Crippen MR) is 50.2 cm³/mol. The van der Waals surface area contributed by atoms with E-state index >= 15 is 0 Å². The molecule has 0 unspecified atom stereocenters. The Kier molecular flexibility index (Phi) is 6.18. The van der Waals surface area contributed by atoms with Crippen molar-refractivity contribution in [1.29, 1.82) is 0 Å². The largest absolute Gasteiger partial charge is 0.396 e. The molecule has 13 heavy (non-hydrogen) atoms. The zero-order valence-corrected chi connectivity index (χ0v) is 7.99. The van der Waals surface area contributed by atoms with Crippen LogP contribution in [0.1, 0.15) is 13.3 Å². The van der Waals surface area contributed by atoms with Crippen LogP contribution in [0.25, 0.3) is 0 Å². The highest BCUT2D eigenvalue weighted by molar-refractivity contribution is 5.92. The van der Waals surface area contributed by atoms with Crippen molar-refractivity contribution in [3.05, 3.63) is 12.2 Å². The maximum atomic E-state index is 11.4. The van der Waals surface area contributed by atoms with Gasteiger partial charge in [-0.15, -0.1) is 0 Å². The Labute approximate surface area is 78.5 Å². The lowest BCUT2D eigenvalue weighted by Gasteiger charge is -2.21. The first-order chi connectivity index (χ1) is 6.13. The normalized spacial score (nSPS) is 9.77. The van der Waals surface area contributed by atoms with Crippen molar-refractivity contribution >= 4 is 5.91 Å². The van der Waals surface area contributed by atoms with E-state index in [9.17, 15) is 4.79 Å². The fraction of sp³-hybridized carbons (Fsp3) is 0.667. The van der Waals surface area contributed by atoms with Gasteiger partial charge in [0.2, 0.25) is 5.91 Å². The van der Waals surface area contributed by atoms with E-state index in [2.05, 4.69) is 6.58 Å². The summed E-state index contributed by atoms with van der Waals surface area (Å²) in [6, 6.07) is 0. The summed E-state index contributed by atoms with van der Waals surface area (Å²) < 4.78 is 0. The smallest absolute Gasteiger partial charge is 0.248 e. The van der Waals surface area contributed by atoms with Gasteiger partial charge in [0, 0.05) is 25.3 Å². The minimum Gasteiger partial charge on any atom is -0.396 e. The minimum absolute atomic E-state index is 0.0470. The molecule has 2 N–H and O–H groups in total. The first-order valence-corrected chi connectivity index (χ1v) is 4.30. The topological polar surface area (TPSA) is 60.8 Å². The van der Waals surface area contributed by atoms with Gasteiger partial charge < -0.3 is 15.1 Å². The van der Waals surface area contributed by atoms with Gasteiger partial charge in [0.1, 0.15) is 0 Å². The molecule has 0 aliphatic carbocycles. The molecule has 0 saturated carbocycles. The molecular formula is C9H17NO3. The van der Waals surface area contributed by atoms with Crippen LogP contribution >= 0.6 is 0 Å². The van der Waals surface area contributed by atoms with E-state index in [1.807, 2.05) is 0 Å². The molecule has 0 aromatic heterocycles. The number of hydrogen-bond donors (Lipinski definition) is 2. The molecule has 4 nitrogen and oxygen atoms in total. The monoisotopic (exact) mass is 187 g/mol. The summed E-state index contributed by atoms with van der Waals surface area (Å²) in [5.74, 6) is -0.164. The maximum Gasteiger partial charge on any atom is 0.248 e. The van der Waals surface area contributed by atoms with E-state index in [0.29, 0.717) is 25.1 Å². The van der Waals surface area contributed by atoms with Crippen LogP contribution in [-0.2, 0) is 4.79 Å². The van der Waals surface area contributed by atoms with Crippen LogP contribution in [0, 0.1) is 0 Å². The van der Waals surface area contributed by atoms with Crippen LogP contribution in [0.15, 0.2) is 12.2 Å². The summed E-state index contributed by atoms with van der Waals surface area (Å²) in [6.07, 6.45) is 0.527. The Morgan fingerprint density at radius 1 is 1.31 bits per heavy atom. The summed E-state index contributed by atoms with van der Waals surface area (Å²) in [5, 5.41) is 17.3. The van der Waals surface area contributed by atoms with E-state index < -0.39 is 0 Å². The van der Waals surface area contributed by atoms with Gasteiger partial charge in [-0.05, 0) is 13.3 Å². The van der Waals surface area contributed by atoms with Gasteiger partial charge in [0.25, 0.3) is 0 Å². The Morgan fingerprint density at radius 3 is 2.31 bits per heavy atom. The van der Waals surface area contributed by atoms with E-state index in [0.717, 1.165) is 0 Å². The fourth-order valence-corrected chi connectivity index (χ4v) is 0.967. The number of carbonyl (C=O) groups is 1. The molecule has 1 amide bonds. The molecular weight excluding hydrogens is 170 g/mol. The van der Waals surface area contributed by atoms with Crippen LogP contribution in [0.5, 0.6) is 0 Å². The molecule has 0 aromatic rings. The highest BCUT2D eigenvalue weighted by Gasteiger charge is 2.12. The van der Waals surface area contributed by atoms with Crippen molar-refractivity contribution in [3.63, 3.8) is 0 Å². The standard InChI is InChI=1S/C9H17NO3/c1-8(2)9(13)10(5-7-12)4-3-6-11/h11-12H,1,3-7H2,2H3. The van der Waals surface area contributed by atoms with Gasteiger partial charge in [-0.25, -0.2) is 0 Å². The van der Waals surface area contributed by atoms with Gasteiger partial charge in [0.15, 0.2) is 0 Å². The van der Waals surface area contributed by atoms with Crippen LogP contribution in [0.2, 0.25) is 0 Å². The number of rotatable bonds is 6. The summed E-state index contributed by atoms with van der Waals surface area (Å²) in [7, 11) is 0. The van der Waals surface area contributed by atoms with E-state index in [4.69, 9.17) is 10.2 Å². The van der Waals surface area contributed by atoms with E-state index in [1.54, 1.807) is 6.92 Å². The molecule has 0 bridgehead atoms. The van der Waals surface area contributed by atoms with Gasteiger partial charge >= 0.3 is 0 Å².